The van der Waals surface area contributed by atoms with Crippen molar-refractivity contribution in [2.24, 2.45) is 5.92 Å². The van der Waals surface area contributed by atoms with Crippen molar-refractivity contribution in [3.8, 4) is 0 Å². The number of amides is 1. The Morgan fingerprint density at radius 1 is 1.24 bits per heavy atom. The molecule has 3 aliphatic heterocycles. The number of esters is 1. The normalized spacial score (nSPS) is 37.5. The second-order valence-electron chi connectivity index (χ2n) is 9.44. The molecule has 33 heavy (non-hydrogen) atoms. The van der Waals surface area contributed by atoms with Gasteiger partial charge in [0.1, 0.15) is 6.10 Å². The van der Waals surface area contributed by atoms with Gasteiger partial charge < -0.3 is 19.5 Å². The van der Waals surface area contributed by atoms with Gasteiger partial charge >= 0.3 is 5.97 Å². The second kappa shape index (κ2) is 12.8. The Kier molecular flexibility index (Phi) is 10.1. The van der Waals surface area contributed by atoms with Gasteiger partial charge in [0, 0.05) is 24.7 Å². The number of carbonyl (C=O) groups excluding carboxylic acids is 2. The van der Waals surface area contributed by atoms with Gasteiger partial charge in [0.15, 0.2) is 5.79 Å². The highest BCUT2D eigenvalue weighted by Gasteiger charge is 2.51. The molecule has 2 saturated heterocycles. The van der Waals surface area contributed by atoms with E-state index >= 15 is 0 Å². The highest BCUT2D eigenvalue weighted by molar-refractivity contribution is 8.14. The first-order valence-electron chi connectivity index (χ1n) is 12.4. The first-order valence-corrected chi connectivity index (χ1v) is 13.3. The minimum atomic E-state index is -0.978. The van der Waals surface area contributed by atoms with Crippen LogP contribution in [0.25, 0.3) is 0 Å². The van der Waals surface area contributed by atoms with E-state index < -0.39 is 5.79 Å². The lowest BCUT2D eigenvalue weighted by Crippen LogP contribution is -2.60. The molecule has 5 atom stereocenters. The molecule has 3 heterocycles. The maximum Gasteiger partial charge on any atom is 0.330 e. The molecule has 7 heteroatoms. The van der Waals surface area contributed by atoms with Gasteiger partial charge in [0.05, 0.1) is 18.8 Å². The van der Waals surface area contributed by atoms with E-state index in [0.717, 1.165) is 44.1 Å². The van der Waals surface area contributed by atoms with E-state index in [9.17, 15) is 9.59 Å². The van der Waals surface area contributed by atoms with Crippen LogP contribution in [0.1, 0.15) is 72.1 Å². The molecular formula is C26H39NO5S. The van der Waals surface area contributed by atoms with E-state index in [4.69, 9.17) is 14.2 Å². The van der Waals surface area contributed by atoms with Gasteiger partial charge in [0.2, 0.25) is 0 Å². The zero-order valence-corrected chi connectivity index (χ0v) is 21.0. The summed E-state index contributed by atoms with van der Waals surface area (Å²) in [6.07, 6.45) is 16.2. The average molecular weight is 478 g/mol. The number of rotatable bonds is 5. The highest BCUT2D eigenvalue weighted by Crippen LogP contribution is 2.39. The van der Waals surface area contributed by atoms with E-state index in [0.29, 0.717) is 31.1 Å². The van der Waals surface area contributed by atoms with Crippen molar-refractivity contribution in [2.45, 2.75) is 96.2 Å². The summed E-state index contributed by atoms with van der Waals surface area (Å²) in [4.78, 5) is 24.7. The average Bonchev–Trinajstić information content (AvgIpc) is 3.21. The Morgan fingerprint density at radius 3 is 2.85 bits per heavy atom. The maximum atomic E-state index is 12.7. The van der Waals surface area contributed by atoms with Gasteiger partial charge in [-0.25, -0.2) is 4.79 Å². The number of nitrogens with one attached hydrogen (secondary N) is 1. The largest absolute Gasteiger partial charge is 0.459 e. The zero-order valence-electron chi connectivity index (χ0n) is 20.2. The number of thioether (sulfide) groups is 1. The molecule has 0 aromatic heterocycles. The molecule has 0 aliphatic carbocycles. The molecule has 0 radical (unpaired) electrons. The van der Waals surface area contributed by atoms with Gasteiger partial charge in [-0.3, -0.25) is 4.79 Å². The van der Waals surface area contributed by atoms with Gasteiger partial charge in [-0.05, 0) is 44.9 Å². The summed E-state index contributed by atoms with van der Waals surface area (Å²) in [6, 6.07) is -0.263. The first-order chi connectivity index (χ1) is 15.9. The molecule has 2 bridgehead atoms. The number of carbonyl (C=O) groups is 2. The van der Waals surface area contributed by atoms with Crippen molar-refractivity contribution < 1.29 is 23.8 Å². The van der Waals surface area contributed by atoms with Crippen LogP contribution in [0.15, 0.2) is 36.0 Å². The van der Waals surface area contributed by atoms with Crippen molar-refractivity contribution in [1.82, 2.24) is 5.32 Å². The fourth-order valence-corrected chi connectivity index (χ4v) is 5.40. The van der Waals surface area contributed by atoms with Gasteiger partial charge in [-0.15, -0.1) is 0 Å². The molecule has 0 spiro atoms. The van der Waals surface area contributed by atoms with Crippen LogP contribution in [-0.4, -0.2) is 47.6 Å². The number of unbranched alkanes of at least 4 members (excludes halogenated alkanes) is 1. The number of ether oxygens (including phenoxy) is 3. The molecule has 2 fully saturated rings. The molecular weight excluding hydrogens is 438 g/mol. The Morgan fingerprint density at radius 2 is 2.09 bits per heavy atom. The summed E-state index contributed by atoms with van der Waals surface area (Å²) >= 11 is 1.26. The van der Waals surface area contributed by atoms with Crippen LogP contribution in [0.4, 0.5) is 4.79 Å². The third-order valence-corrected chi connectivity index (χ3v) is 7.32. The van der Waals surface area contributed by atoms with E-state index in [1.54, 1.807) is 6.08 Å². The molecule has 184 valence electrons. The number of allylic oxidation sites excluding steroid dienone is 5. The van der Waals surface area contributed by atoms with Crippen LogP contribution in [0.3, 0.4) is 0 Å². The van der Waals surface area contributed by atoms with Crippen molar-refractivity contribution in [1.29, 1.82) is 0 Å². The lowest BCUT2D eigenvalue weighted by molar-refractivity contribution is -0.306. The lowest BCUT2D eigenvalue weighted by atomic mass is 9.90. The van der Waals surface area contributed by atoms with Crippen LogP contribution in [0.5, 0.6) is 0 Å². The molecule has 3 rings (SSSR count). The Balaban J connectivity index is 1.85. The lowest BCUT2D eigenvalue weighted by Gasteiger charge is -2.46. The third-order valence-electron chi connectivity index (χ3n) is 6.44. The number of fused-ring (bicyclic) bond motifs is 2. The summed E-state index contributed by atoms with van der Waals surface area (Å²) in [5, 5.41) is 2.97. The summed E-state index contributed by atoms with van der Waals surface area (Å²) in [7, 11) is 0. The van der Waals surface area contributed by atoms with Crippen LogP contribution in [0.2, 0.25) is 0 Å². The smallest absolute Gasteiger partial charge is 0.330 e. The topological polar surface area (TPSA) is 73.9 Å². The number of hydrogen-bond acceptors (Lipinski definition) is 6. The summed E-state index contributed by atoms with van der Waals surface area (Å²) in [5.41, 5.74) is 1.00. The fraction of sp³-hybridized carbons (Fsp3) is 0.692. The summed E-state index contributed by atoms with van der Waals surface area (Å²) in [5.74, 6) is -0.292. The van der Waals surface area contributed by atoms with E-state index in [-0.39, 0.29) is 29.5 Å². The van der Waals surface area contributed by atoms with Crippen molar-refractivity contribution >= 4 is 23.0 Å². The third kappa shape index (κ3) is 8.01. The molecule has 0 aromatic carbocycles. The van der Waals surface area contributed by atoms with Crippen LogP contribution < -0.4 is 5.32 Å². The predicted octanol–water partition coefficient (Wildman–Crippen LogP) is 5.68. The molecule has 1 amide bonds. The van der Waals surface area contributed by atoms with Crippen molar-refractivity contribution in [3.05, 3.63) is 36.0 Å². The Hall–Kier alpha value is -1.57. The van der Waals surface area contributed by atoms with Gasteiger partial charge in [-0.1, -0.05) is 61.9 Å². The van der Waals surface area contributed by atoms with Gasteiger partial charge in [0.25, 0.3) is 5.24 Å². The minimum Gasteiger partial charge on any atom is -0.459 e. The quantitative estimate of drug-likeness (QED) is 0.405. The fourth-order valence-electron chi connectivity index (χ4n) is 4.52. The second-order valence-corrected chi connectivity index (χ2v) is 10.4. The molecule has 0 saturated carbocycles. The molecule has 6 nitrogen and oxygen atoms in total. The maximum absolute atomic E-state index is 12.7. The minimum absolute atomic E-state index is 0.0578. The zero-order chi connectivity index (χ0) is 23.7. The van der Waals surface area contributed by atoms with Crippen molar-refractivity contribution in [2.75, 3.05) is 12.4 Å². The summed E-state index contributed by atoms with van der Waals surface area (Å²) < 4.78 is 19.0. The van der Waals surface area contributed by atoms with E-state index in [1.807, 2.05) is 6.92 Å². The molecule has 0 aromatic rings. The highest BCUT2D eigenvalue weighted by atomic mass is 32.2. The van der Waals surface area contributed by atoms with Crippen LogP contribution >= 0.6 is 11.8 Å². The predicted molar refractivity (Wildman–Crippen MR) is 132 cm³/mol. The molecule has 3 aliphatic rings. The monoisotopic (exact) mass is 477 g/mol. The van der Waals surface area contributed by atoms with E-state index in [1.165, 1.54) is 11.8 Å². The number of hydrogen-bond donors (Lipinski definition) is 1. The molecule has 0 unspecified atom stereocenters. The Bertz CT molecular complexity index is 764. The molecule has 1 N–H and O–H groups in total. The SMILES string of the molecule is CCCCO[C@]1([C@@H]2CSC(=O)N2)C[C@H]2C[C@@H](CC[C@@H](C)/C=C\C=C\CC/C(C)=C\C(=O)O2)O1. The Labute approximate surface area is 202 Å². The van der Waals surface area contributed by atoms with Crippen LogP contribution in [-0.2, 0) is 19.0 Å². The van der Waals surface area contributed by atoms with Crippen LogP contribution in [0, 0.1) is 5.92 Å². The van der Waals surface area contributed by atoms with Crippen molar-refractivity contribution in [3.63, 3.8) is 0 Å². The van der Waals surface area contributed by atoms with Gasteiger partial charge in [-0.2, -0.15) is 0 Å². The standard InChI is InChI=1S/C26H39NO5S/c1-4-5-14-30-26(23-18-33-25(29)27-23)17-22-16-21(32-26)13-12-19(2)10-8-6-7-9-11-20(3)15-24(28)31-22/h6-8,10,15,19,21-23H,4-5,9,11-14,16-18H2,1-3H3,(H,27,29)/b7-6+,10-8-,20-15-/t19-,21+,22+,23-,26+/m0/s1. The first kappa shape index (κ1) is 26.0. The van der Waals surface area contributed by atoms with E-state index in [2.05, 4.69) is 43.5 Å². The summed E-state index contributed by atoms with van der Waals surface area (Å²) in [6.45, 7) is 6.84.